The third kappa shape index (κ3) is 1.62. The molecule has 0 aromatic carbocycles. The Hall–Kier alpha value is -1.42. The SMILES string of the molecule is C=C1C(=O)O[C@@H]2C3=C(C)C(=O)C[C@@H]3[C@H](C)C[C@@H](O)[C@H]12. The molecule has 0 aromatic rings. The molecular formula is C15H18O4. The Morgan fingerprint density at radius 2 is 2.05 bits per heavy atom. The van der Waals surface area contributed by atoms with Crippen LogP contribution in [0, 0.1) is 17.8 Å². The Kier molecular flexibility index (Phi) is 2.68. The summed E-state index contributed by atoms with van der Waals surface area (Å²) < 4.78 is 5.40. The summed E-state index contributed by atoms with van der Waals surface area (Å²) in [5.74, 6) is -0.396. The first kappa shape index (κ1) is 12.6. The zero-order valence-electron chi connectivity index (χ0n) is 11.2. The summed E-state index contributed by atoms with van der Waals surface area (Å²) in [4.78, 5) is 23.7. The number of Topliss-reactive ketones (excluding diaryl/α,β-unsaturated/α-hetero) is 1. The first-order chi connectivity index (χ1) is 8.91. The molecule has 4 heteroatoms. The van der Waals surface area contributed by atoms with E-state index in [9.17, 15) is 14.7 Å². The van der Waals surface area contributed by atoms with Crippen molar-refractivity contribution in [1.82, 2.24) is 0 Å². The van der Waals surface area contributed by atoms with Gasteiger partial charge in [-0.05, 0) is 36.3 Å². The number of aliphatic hydroxyl groups is 1. The quantitative estimate of drug-likeness (QED) is 0.529. The highest BCUT2D eigenvalue weighted by molar-refractivity contribution is 6.00. The van der Waals surface area contributed by atoms with E-state index < -0.39 is 24.1 Å². The molecule has 0 aromatic heterocycles. The Bertz CT molecular complexity index is 516. The van der Waals surface area contributed by atoms with Gasteiger partial charge in [-0.3, -0.25) is 4.79 Å². The van der Waals surface area contributed by atoms with Crippen molar-refractivity contribution in [2.24, 2.45) is 17.8 Å². The van der Waals surface area contributed by atoms with Gasteiger partial charge in [0.1, 0.15) is 6.10 Å². The standard InChI is InChI=1S/C15H18O4/c1-6-4-11(17)13-8(3)15(18)19-14(13)12-7(2)10(16)5-9(6)12/h6,9,11,13-14,17H,3-5H2,1-2H3/t6-,9-,11-,13+,14-/m1/s1. The zero-order valence-corrected chi connectivity index (χ0v) is 11.2. The van der Waals surface area contributed by atoms with Gasteiger partial charge in [0.15, 0.2) is 5.78 Å². The first-order valence-electron chi connectivity index (χ1n) is 6.73. The molecule has 1 heterocycles. The molecule has 2 aliphatic carbocycles. The number of ketones is 1. The molecule has 0 unspecified atom stereocenters. The number of ether oxygens (including phenoxy) is 1. The summed E-state index contributed by atoms with van der Waals surface area (Å²) in [5.41, 5.74) is 1.97. The van der Waals surface area contributed by atoms with Crippen LogP contribution in [0.3, 0.4) is 0 Å². The molecular weight excluding hydrogens is 244 g/mol. The molecule has 5 atom stereocenters. The van der Waals surface area contributed by atoms with E-state index in [4.69, 9.17) is 4.74 Å². The fourth-order valence-electron chi connectivity index (χ4n) is 3.80. The number of hydrogen-bond acceptors (Lipinski definition) is 4. The van der Waals surface area contributed by atoms with Crippen molar-refractivity contribution in [1.29, 1.82) is 0 Å². The highest BCUT2D eigenvalue weighted by Gasteiger charge is 2.52. The lowest BCUT2D eigenvalue weighted by molar-refractivity contribution is -0.138. The van der Waals surface area contributed by atoms with Gasteiger partial charge in [0.25, 0.3) is 0 Å². The van der Waals surface area contributed by atoms with E-state index in [0.29, 0.717) is 24.0 Å². The van der Waals surface area contributed by atoms with Crippen molar-refractivity contribution >= 4 is 11.8 Å². The lowest BCUT2D eigenvalue weighted by atomic mass is 9.85. The fraction of sp³-hybridized carbons (Fsp3) is 0.600. The van der Waals surface area contributed by atoms with Gasteiger partial charge in [0.05, 0.1) is 12.0 Å². The number of carbonyl (C=O) groups excluding carboxylic acids is 2. The van der Waals surface area contributed by atoms with Gasteiger partial charge in [-0.25, -0.2) is 4.79 Å². The van der Waals surface area contributed by atoms with Crippen LogP contribution in [0.5, 0.6) is 0 Å². The number of aliphatic hydroxyl groups excluding tert-OH is 1. The van der Waals surface area contributed by atoms with Crippen molar-refractivity contribution < 1.29 is 19.4 Å². The Morgan fingerprint density at radius 3 is 2.74 bits per heavy atom. The third-order valence-electron chi connectivity index (χ3n) is 4.90. The van der Waals surface area contributed by atoms with Crippen LogP contribution in [0.2, 0.25) is 0 Å². The summed E-state index contributed by atoms with van der Waals surface area (Å²) >= 11 is 0. The van der Waals surface area contributed by atoms with Crippen LogP contribution in [-0.2, 0) is 14.3 Å². The molecule has 2 fully saturated rings. The molecule has 3 aliphatic rings. The molecule has 4 nitrogen and oxygen atoms in total. The van der Waals surface area contributed by atoms with E-state index in [0.717, 1.165) is 5.57 Å². The maximum atomic E-state index is 11.9. The molecule has 102 valence electrons. The number of hydrogen-bond donors (Lipinski definition) is 1. The minimum Gasteiger partial charge on any atom is -0.454 e. The lowest BCUT2D eigenvalue weighted by Gasteiger charge is -2.22. The number of fused-ring (bicyclic) bond motifs is 3. The molecule has 0 radical (unpaired) electrons. The second-order valence-electron chi connectivity index (χ2n) is 5.97. The van der Waals surface area contributed by atoms with E-state index in [-0.39, 0.29) is 17.6 Å². The highest BCUT2D eigenvalue weighted by Crippen LogP contribution is 2.49. The lowest BCUT2D eigenvalue weighted by Crippen LogP contribution is -2.29. The predicted molar refractivity (Wildman–Crippen MR) is 68.1 cm³/mol. The molecule has 1 saturated heterocycles. The van der Waals surface area contributed by atoms with Gasteiger partial charge in [-0.15, -0.1) is 0 Å². The molecule has 1 aliphatic heterocycles. The molecule has 19 heavy (non-hydrogen) atoms. The average Bonchev–Trinajstić information content (AvgIpc) is 2.75. The normalized spacial score (nSPS) is 42.1. The van der Waals surface area contributed by atoms with Crippen LogP contribution in [0.25, 0.3) is 0 Å². The van der Waals surface area contributed by atoms with E-state index >= 15 is 0 Å². The van der Waals surface area contributed by atoms with Gasteiger partial charge < -0.3 is 9.84 Å². The second-order valence-corrected chi connectivity index (χ2v) is 5.97. The second kappa shape index (κ2) is 4.04. The Balaban J connectivity index is 2.12. The predicted octanol–water partition coefficient (Wildman–Crippen LogP) is 1.39. The van der Waals surface area contributed by atoms with E-state index in [2.05, 4.69) is 6.58 Å². The van der Waals surface area contributed by atoms with Crippen LogP contribution in [0.1, 0.15) is 26.7 Å². The largest absolute Gasteiger partial charge is 0.454 e. The molecule has 1 saturated carbocycles. The van der Waals surface area contributed by atoms with Crippen LogP contribution in [0.15, 0.2) is 23.3 Å². The van der Waals surface area contributed by atoms with E-state index in [1.807, 2.05) is 6.92 Å². The maximum Gasteiger partial charge on any atom is 0.334 e. The third-order valence-corrected chi connectivity index (χ3v) is 4.90. The Morgan fingerprint density at radius 1 is 1.37 bits per heavy atom. The van der Waals surface area contributed by atoms with E-state index in [1.54, 1.807) is 6.92 Å². The molecule has 0 bridgehead atoms. The van der Waals surface area contributed by atoms with Crippen molar-refractivity contribution in [2.45, 2.75) is 38.9 Å². The van der Waals surface area contributed by atoms with Gasteiger partial charge in [0.2, 0.25) is 0 Å². The van der Waals surface area contributed by atoms with Crippen LogP contribution in [0.4, 0.5) is 0 Å². The van der Waals surface area contributed by atoms with Crippen molar-refractivity contribution in [3.8, 4) is 0 Å². The molecule has 3 rings (SSSR count). The average molecular weight is 262 g/mol. The van der Waals surface area contributed by atoms with E-state index in [1.165, 1.54) is 0 Å². The zero-order chi connectivity index (χ0) is 13.9. The smallest absolute Gasteiger partial charge is 0.334 e. The molecule has 0 amide bonds. The summed E-state index contributed by atoms with van der Waals surface area (Å²) in [7, 11) is 0. The van der Waals surface area contributed by atoms with Crippen LogP contribution >= 0.6 is 0 Å². The van der Waals surface area contributed by atoms with Crippen LogP contribution in [-0.4, -0.2) is 29.1 Å². The fourth-order valence-corrected chi connectivity index (χ4v) is 3.80. The highest BCUT2D eigenvalue weighted by atomic mass is 16.6. The monoisotopic (exact) mass is 262 g/mol. The minimum absolute atomic E-state index is 0.0934. The van der Waals surface area contributed by atoms with Gasteiger partial charge in [-0.1, -0.05) is 13.5 Å². The van der Waals surface area contributed by atoms with Gasteiger partial charge >= 0.3 is 5.97 Å². The van der Waals surface area contributed by atoms with Gasteiger partial charge in [-0.2, -0.15) is 0 Å². The summed E-state index contributed by atoms with van der Waals surface area (Å²) in [6.45, 7) is 7.60. The number of allylic oxidation sites excluding steroid dienone is 1. The Labute approximate surface area is 112 Å². The summed E-state index contributed by atoms with van der Waals surface area (Å²) in [6.07, 6.45) is -0.0650. The number of rotatable bonds is 0. The molecule has 0 spiro atoms. The van der Waals surface area contributed by atoms with Gasteiger partial charge in [0, 0.05) is 12.0 Å². The summed E-state index contributed by atoms with van der Waals surface area (Å²) in [6, 6.07) is 0. The topological polar surface area (TPSA) is 63.6 Å². The van der Waals surface area contributed by atoms with Crippen LogP contribution < -0.4 is 0 Å². The molecule has 1 N–H and O–H groups in total. The minimum atomic E-state index is -0.625. The maximum absolute atomic E-state index is 11.9. The number of carbonyl (C=O) groups is 2. The van der Waals surface area contributed by atoms with Crippen molar-refractivity contribution in [2.75, 3.05) is 0 Å². The first-order valence-corrected chi connectivity index (χ1v) is 6.73. The van der Waals surface area contributed by atoms with Crippen molar-refractivity contribution in [3.63, 3.8) is 0 Å². The van der Waals surface area contributed by atoms with Crippen molar-refractivity contribution in [3.05, 3.63) is 23.3 Å². The number of esters is 1. The summed E-state index contributed by atoms with van der Waals surface area (Å²) in [5, 5.41) is 10.3.